The van der Waals surface area contributed by atoms with Gasteiger partial charge < -0.3 is 20.1 Å². The Balaban J connectivity index is 1.41. The Labute approximate surface area is 275 Å². The summed E-state index contributed by atoms with van der Waals surface area (Å²) in [6.07, 6.45) is 3.82. The van der Waals surface area contributed by atoms with E-state index in [9.17, 15) is 19.2 Å². The molecule has 2 N–H and O–H groups in total. The summed E-state index contributed by atoms with van der Waals surface area (Å²) >= 11 is 2.79. The summed E-state index contributed by atoms with van der Waals surface area (Å²) < 4.78 is 9.65. The van der Waals surface area contributed by atoms with Crippen molar-refractivity contribution >= 4 is 46.4 Å². The number of nitrogens with one attached hydrogen (secondary N) is 2. The first-order chi connectivity index (χ1) is 22.0. The normalized spacial score (nSPS) is 12.4. The average molecular weight is 665 g/mol. The largest absolute Gasteiger partial charge is 0.467 e. The van der Waals surface area contributed by atoms with Crippen molar-refractivity contribution in [3.8, 4) is 32.8 Å². The minimum Gasteiger partial charge on any atom is -0.467 e. The van der Waals surface area contributed by atoms with Gasteiger partial charge in [-0.1, -0.05) is 27.7 Å². The highest BCUT2D eigenvalue weighted by Gasteiger charge is 2.25. The van der Waals surface area contributed by atoms with E-state index in [1.807, 2.05) is 38.5 Å². The molecule has 0 saturated carbocycles. The number of hydrogen-bond donors (Lipinski definition) is 2. The molecule has 0 fully saturated rings. The Morgan fingerprint density at radius 3 is 1.35 bits per heavy atom. The number of pyridine rings is 2. The number of carbonyl (C=O) groups is 4. The molecule has 4 aromatic rings. The lowest BCUT2D eigenvalue weighted by Crippen LogP contribution is -2.42. The number of methoxy groups -OCH3 is 2. The van der Waals surface area contributed by atoms with Crippen molar-refractivity contribution in [3.63, 3.8) is 0 Å². The van der Waals surface area contributed by atoms with Crippen molar-refractivity contribution in [1.82, 2.24) is 30.6 Å². The zero-order valence-electron chi connectivity index (χ0n) is 26.4. The van der Waals surface area contributed by atoms with E-state index in [0.29, 0.717) is 56.8 Å². The van der Waals surface area contributed by atoms with Crippen LogP contribution in [0.5, 0.6) is 0 Å². The predicted octanol–water partition coefficient (Wildman–Crippen LogP) is 5.03. The fourth-order valence-electron chi connectivity index (χ4n) is 4.47. The van der Waals surface area contributed by atoms with Gasteiger partial charge in [-0.15, -0.1) is 22.7 Å². The number of rotatable bonds is 13. The zero-order chi connectivity index (χ0) is 33.4. The Bertz CT molecular complexity index is 1540. The third-order valence-electron chi connectivity index (χ3n) is 6.76. The third-order valence-corrected chi connectivity index (χ3v) is 8.49. The molecule has 0 radical (unpaired) electrons. The van der Waals surface area contributed by atoms with Gasteiger partial charge in [0.25, 0.3) is 11.8 Å². The maximum Gasteiger partial charge on any atom is 0.328 e. The Hall–Kier alpha value is -4.56. The van der Waals surface area contributed by atoms with Crippen LogP contribution in [0.3, 0.4) is 0 Å². The molecular weight excluding hydrogens is 629 g/mol. The standard InChI is InChI=1S/C32H36N6O6S2/c1-17(2)11-23(31(41)43-5)35-27(39)19-7-9-21(33-13-19)29-37-25(15-45-29)26-16-46-30(38-26)22-10-8-20(14-34-22)28(40)36-24(12-18(3)4)32(42)44-6/h7-10,13-18,23-24H,11-12H2,1-6H3,(H,35,39)(H,36,40)/t23-,24-/m0/s1. The van der Waals surface area contributed by atoms with Crippen molar-refractivity contribution in [2.75, 3.05) is 14.2 Å². The van der Waals surface area contributed by atoms with Crippen LogP contribution >= 0.6 is 22.7 Å². The highest BCUT2D eigenvalue weighted by molar-refractivity contribution is 7.14. The molecule has 0 bridgehead atoms. The number of carbonyl (C=O) groups excluding carboxylic acids is 4. The molecule has 2 amide bonds. The molecular formula is C32H36N6O6S2. The van der Waals surface area contributed by atoms with Gasteiger partial charge in [-0.05, 0) is 48.9 Å². The lowest BCUT2D eigenvalue weighted by Gasteiger charge is -2.18. The van der Waals surface area contributed by atoms with Crippen LogP contribution in [0.15, 0.2) is 47.4 Å². The van der Waals surface area contributed by atoms with Gasteiger partial charge in [0, 0.05) is 23.2 Å². The van der Waals surface area contributed by atoms with Crippen LogP contribution in [-0.2, 0) is 19.1 Å². The minimum atomic E-state index is -0.741. The summed E-state index contributed by atoms with van der Waals surface area (Å²) in [5.74, 6) is -1.43. The topological polar surface area (TPSA) is 162 Å². The number of hydrogen-bond acceptors (Lipinski definition) is 12. The van der Waals surface area contributed by atoms with Crippen LogP contribution < -0.4 is 10.6 Å². The average Bonchev–Trinajstić information content (AvgIpc) is 3.74. The minimum absolute atomic E-state index is 0.191. The quantitative estimate of drug-likeness (QED) is 0.186. The van der Waals surface area contributed by atoms with E-state index >= 15 is 0 Å². The molecule has 2 atom stereocenters. The van der Waals surface area contributed by atoms with Gasteiger partial charge in [0.15, 0.2) is 0 Å². The van der Waals surface area contributed by atoms with E-state index in [-0.39, 0.29) is 11.8 Å². The SMILES string of the molecule is COC(=O)[C@H](CC(C)C)NC(=O)c1ccc(-c2nc(-c3csc(-c4ccc(C(=O)N[C@@H](CC(C)C)C(=O)OC)cn4)n3)cs2)nc1. The monoisotopic (exact) mass is 664 g/mol. The van der Waals surface area contributed by atoms with Gasteiger partial charge >= 0.3 is 11.9 Å². The molecule has 0 unspecified atom stereocenters. The molecule has 0 saturated heterocycles. The second-order valence-corrected chi connectivity index (χ2v) is 13.0. The van der Waals surface area contributed by atoms with E-state index < -0.39 is 35.8 Å². The summed E-state index contributed by atoms with van der Waals surface area (Å²) in [4.78, 5) is 67.9. The molecule has 0 aliphatic rings. The summed E-state index contributed by atoms with van der Waals surface area (Å²) in [5.41, 5.74) is 3.14. The van der Waals surface area contributed by atoms with Crippen molar-refractivity contribution in [3.05, 3.63) is 58.5 Å². The van der Waals surface area contributed by atoms with Crippen LogP contribution in [0.2, 0.25) is 0 Å². The van der Waals surface area contributed by atoms with E-state index in [4.69, 9.17) is 9.47 Å². The van der Waals surface area contributed by atoms with E-state index in [1.54, 1.807) is 24.3 Å². The van der Waals surface area contributed by atoms with Crippen LogP contribution in [0.25, 0.3) is 32.8 Å². The molecule has 4 aromatic heterocycles. The highest BCUT2D eigenvalue weighted by atomic mass is 32.1. The third kappa shape index (κ3) is 8.79. The summed E-state index contributed by atoms with van der Waals surface area (Å²) in [5, 5.41) is 10.5. The molecule has 242 valence electrons. The van der Waals surface area contributed by atoms with Crippen LogP contribution in [0.1, 0.15) is 61.3 Å². The fourth-order valence-corrected chi connectivity index (χ4v) is 6.04. The molecule has 0 spiro atoms. The van der Waals surface area contributed by atoms with Crippen molar-refractivity contribution in [1.29, 1.82) is 0 Å². The first-order valence-corrected chi connectivity index (χ1v) is 16.4. The lowest BCUT2D eigenvalue weighted by atomic mass is 10.0. The second-order valence-electron chi connectivity index (χ2n) is 11.3. The summed E-state index contributed by atoms with van der Waals surface area (Å²) in [6, 6.07) is 5.21. The Kier molecular flexibility index (Phi) is 11.7. The Morgan fingerprint density at radius 2 is 1.04 bits per heavy atom. The van der Waals surface area contributed by atoms with Gasteiger partial charge in [-0.3, -0.25) is 19.6 Å². The highest BCUT2D eigenvalue weighted by Crippen LogP contribution is 2.31. The van der Waals surface area contributed by atoms with Crippen LogP contribution in [0, 0.1) is 11.8 Å². The molecule has 4 rings (SSSR count). The van der Waals surface area contributed by atoms with Gasteiger partial charge in [-0.25, -0.2) is 19.6 Å². The molecule has 0 aromatic carbocycles. The number of thiazole rings is 2. The van der Waals surface area contributed by atoms with Gasteiger partial charge in [0.2, 0.25) is 0 Å². The Morgan fingerprint density at radius 1 is 0.652 bits per heavy atom. The van der Waals surface area contributed by atoms with Gasteiger partial charge in [0.05, 0.1) is 36.7 Å². The maximum absolute atomic E-state index is 12.8. The predicted molar refractivity (Wildman–Crippen MR) is 175 cm³/mol. The first-order valence-electron chi connectivity index (χ1n) is 14.6. The van der Waals surface area contributed by atoms with Crippen molar-refractivity contribution in [2.45, 2.75) is 52.6 Å². The summed E-state index contributed by atoms with van der Waals surface area (Å²) in [7, 11) is 2.59. The van der Waals surface area contributed by atoms with E-state index in [1.165, 1.54) is 49.3 Å². The zero-order valence-corrected chi connectivity index (χ0v) is 28.0. The van der Waals surface area contributed by atoms with Crippen LogP contribution in [-0.4, -0.2) is 70.0 Å². The number of esters is 2. The van der Waals surface area contributed by atoms with Gasteiger partial charge in [0.1, 0.15) is 33.5 Å². The van der Waals surface area contributed by atoms with E-state index in [2.05, 4.69) is 30.6 Å². The van der Waals surface area contributed by atoms with Crippen molar-refractivity contribution in [2.24, 2.45) is 11.8 Å². The fraction of sp³-hybridized carbons (Fsp3) is 0.375. The lowest BCUT2D eigenvalue weighted by molar-refractivity contribution is -0.144. The first kappa shape index (κ1) is 34.3. The molecule has 14 heteroatoms. The number of amides is 2. The molecule has 46 heavy (non-hydrogen) atoms. The molecule has 0 aliphatic heterocycles. The molecule has 12 nitrogen and oxygen atoms in total. The number of nitrogens with zero attached hydrogens (tertiary/aromatic N) is 4. The smallest absolute Gasteiger partial charge is 0.328 e. The number of aromatic nitrogens is 4. The maximum atomic E-state index is 12.8. The van der Waals surface area contributed by atoms with Crippen LogP contribution in [0.4, 0.5) is 0 Å². The van der Waals surface area contributed by atoms with E-state index in [0.717, 1.165) is 0 Å². The van der Waals surface area contributed by atoms with Crippen molar-refractivity contribution < 1.29 is 28.7 Å². The van der Waals surface area contributed by atoms with Gasteiger partial charge in [-0.2, -0.15) is 0 Å². The number of ether oxygens (including phenoxy) is 2. The molecule has 0 aliphatic carbocycles. The molecule has 4 heterocycles. The second kappa shape index (κ2) is 15.6. The summed E-state index contributed by atoms with van der Waals surface area (Å²) in [6.45, 7) is 7.85.